The number of benzene rings is 1. The Morgan fingerprint density at radius 3 is 2.71 bits per heavy atom. The second kappa shape index (κ2) is 5.67. The molecule has 0 radical (unpaired) electrons. The van der Waals surface area contributed by atoms with Gasteiger partial charge in [0.2, 0.25) is 5.91 Å². The number of anilines is 1. The first-order chi connectivity index (χ1) is 7.95. The highest BCUT2D eigenvalue weighted by molar-refractivity contribution is 7.80. The van der Waals surface area contributed by atoms with Crippen molar-refractivity contribution < 1.29 is 13.6 Å². The van der Waals surface area contributed by atoms with Crippen LogP contribution in [0.4, 0.5) is 14.5 Å². The summed E-state index contributed by atoms with van der Waals surface area (Å²) >= 11 is 4.72. The zero-order chi connectivity index (χ0) is 13.0. The van der Waals surface area contributed by atoms with Crippen molar-refractivity contribution >= 4 is 28.8 Å². The molecule has 0 spiro atoms. The average Bonchev–Trinajstić information content (AvgIpc) is 2.24. The van der Waals surface area contributed by atoms with E-state index in [1.807, 2.05) is 0 Å². The van der Waals surface area contributed by atoms with Crippen molar-refractivity contribution in [2.45, 2.75) is 13.3 Å². The van der Waals surface area contributed by atoms with Crippen molar-refractivity contribution in [2.75, 3.05) is 5.32 Å². The lowest BCUT2D eigenvalue weighted by Gasteiger charge is -2.13. The average molecular weight is 258 g/mol. The van der Waals surface area contributed by atoms with Gasteiger partial charge in [0.1, 0.15) is 11.6 Å². The maximum absolute atomic E-state index is 13.3. The fourth-order valence-corrected chi connectivity index (χ4v) is 1.60. The van der Waals surface area contributed by atoms with Gasteiger partial charge in [0.25, 0.3) is 0 Å². The maximum Gasteiger partial charge on any atom is 0.234 e. The number of nitrogens with one attached hydrogen (secondary N) is 1. The van der Waals surface area contributed by atoms with Gasteiger partial charge in [-0.25, -0.2) is 8.78 Å². The van der Waals surface area contributed by atoms with E-state index in [2.05, 4.69) is 5.32 Å². The van der Waals surface area contributed by atoms with Crippen LogP contribution >= 0.6 is 12.2 Å². The van der Waals surface area contributed by atoms with Crippen molar-refractivity contribution in [2.24, 2.45) is 11.7 Å². The van der Waals surface area contributed by atoms with Gasteiger partial charge in [0.15, 0.2) is 0 Å². The minimum absolute atomic E-state index is 0.0295. The van der Waals surface area contributed by atoms with Crippen LogP contribution in [0.1, 0.15) is 13.3 Å². The molecule has 6 heteroatoms. The van der Waals surface area contributed by atoms with Crippen LogP contribution in [0.5, 0.6) is 0 Å². The van der Waals surface area contributed by atoms with E-state index in [9.17, 15) is 13.6 Å². The summed E-state index contributed by atoms with van der Waals surface area (Å²) in [5.74, 6) is -2.57. The van der Waals surface area contributed by atoms with E-state index in [1.165, 1.54) is 0 Å². The molecule has 92 valence electrons. The lowest BCUT2D eigenvalue weighted by atomic mass is 10.1. The molecule has 0 aromatic heterocycles. The Labute approximate surface area is 103 Å². The lowest BCUT2D eigenvalue weighted by Crippen LogP contribution is -2.32. The third-order valence-electron chi connectivity index (χ3n) is 2.25. The van der Waals surface area contributed by atoms with Crippen LogP contribution in [0, 0.1) is 17.6 Å². The molecule has 3 nitrogen and oxygen atoms in total. The van der Waals surface area contributed by atoms with Gasteiger partial charge in [-0.2, -0.15) is 0 Å². The Morgan fingerprint density at radius 1 is 1.53 bits per heavy atom. The third kappa shape index (κ3) is 3.45. The monoisotopic (exact) mass is 258 g/mol. The molecule has 0 aliphatic carbocycles. The van der Waals surface area contributed by atoms with Crippen LogP contribution in [-0.4, -0.2) is 10.9 Å². The SMILES string of the molecule is CCC(C(=O)Nc1cc(F)ccc1F)C(N)=S. The third-order valence-corrected chi connectivity index (χ3v) is 2.54. The number of amides is 1. The fraction of sp³-hybridized carbons (Fsp3) is 0.273. The number of rotatable bonds is 4. The van der Waals surface area contributed by atoms with Gasteiger partial charge >= 0.3 is 0 Å². The first-order valence-corrected chi connectivity index (χ1v) is 5.41. The molecular formula is C11H12F2N2OS. The highest BCUT2D eigenvalue weighted by atomic mass is 32.1. The highest BCUT2D eigenvalue weighted by Gasteiger charge is 2.20. The van der Waals surface area contributed by atoms with Crippen molar-refractivity contribution in [3.05, 3.63) is 29.8 Å². The summed E-state index contributed by atoms with van der Waals surface area (Å²) in [6, 6.07) is 2.81. The van der Waals surface area contributed by atoms with E-state index in [1.54, 1.807) is 6.92 Å². The largest absolute Gasteiger partial charge is 0.393 e. The van der Waals surface area contributed by atoms with E-state index in [0.717, 1.165) is 18.2 Å². The zero-order valence-electron chi connectivity index (χ0n) is 9.17. The maximum atomic E-state index is 13.3. The molecule has 0 aliphatic heterocycles. The predicted molar refractivity (Wildman–Crippen MR) is 65.6 cm³/mol. The standard InChI is InChI=1S/C11H12F2N2OS/c1-2-7(10(14)17)11(16)15-9-5-6(12)3-4-8(9)13/h3-5,7H,2H2,1H3,(H2,14,17)(H,15,16). The topological polar surface area (TPSA) is 55.1 Å². The normalized spacial score (nSPS) is 11.9. The van der Waals surface area contributed by atoms with Crippen molar-refractivity contribution in [1.29, 1.82) is 0 Å². The zero-order valence-corrected chi connectivity index (χ0v) is 9.98. The first-order valence-electron chi connectivity index (χ1n) is 5.01. The van der Waals surface area contributed by atoms with Crippen LogP contribution < -0.4 is 11.1 Å². The predicted octanol–water partition coefficient (Wildman–Crippen LogP) is 2.22. The quantitative estimate of drug-likeness (QED) is 0.814. The van der Waals surface area contributed by atoms with Gasteiger partial charge < -0.3 is 11.1 Å². The summed E-state index contributed by atoms with van der Waals surface area (Å²) in [5, 5.41) is 2.26. The Hall–Kier alpha value is -1.56. The summed E-state index contributed by atoms with van der Waals surface area (Å²) in [6.45, 7) is 1.73. The Bertz CT molecular complexity index is 451. The number of carbonyl (C=O) groups is 1. The van der Waals surface area contributed by atoms with E-state index >= 15 is 0 Å². The molecule has 0 fully saturated rings. The molecule has 3 N–H and O–H groups in total. The van der Waals surface area contributed by atoms with Crippen LogP contribution in [0.2, 0.25) is 0 Å². The van der Waals surface area contributed by atoms with Crippen LogP contribution in [-0.2, 0) is 4.79 Å². The number of halogens is 2. The highest BCUT2D eigenvalue weighted by Crippen LogP contribution is 2.17. The Kier molecular flexibility index (Phi) is 4.51. The van der Waals surface area contributed by atoms with Gasteiger partial charge in [-0.3, -0.25) is 4.79 Å². The van der Waals surface area contributed by atoms with E-state index in [-0.39, 0.29) is 10.7 Å². The van der Waals surface area contributed by atoms with Gasteiger partial charge in [-0.1, -0.05) is 19.1 Å². The summed E-state index contributed by atoms with van der Waals surface area (Å²) in [5.41, 5.74) is 5.15. The number of thiocarbonyl (C=S) groups is 1. The van der Waals surface area contributed by atoms with Crippen molar-refractivity contribution in [1.82, 2.24) is 0 Å². The molecule has 1 amide bonds. The van der Waals surface area contributed by atoms with Gasteiger partial charge in [0, 0.05) is 6.07 Å². The summed E-state index contributed by atoms with van der Waals surface area (Å²) in [4.78, 5) is 11.7. The number of hydrogen-bond acceptors (Lipinski definition) is 2. The number of nitrogens with two attached hydrogens (primary N) is 1. The molecule has 0 saturated carbocycles. The Morgan fingerprint density at radius 2 is 2.18 bits per heavy atom. The smallest absolute Gasteiger partial charge is 0.234 e. The lowest BCUT2D eigenvalue weighted by molar-refractivity contribution is -0.118. The molecule has 0 aliphatic rings. The van der Waals surface area contributed by atoms with Gasteiger partial charge in [-0.05, 0) is 18.6 Å². The van der Waals surface area contributed by atoms with Crippen molar-refractivity contribution in [3.8, 4) is 0 Å². The molecule has 0 bridgehead atoms. The second-order valence-electron chi connectivity index (χ2n) is 3.48. The minimum Gasteiger partial charge on any atom is -0.393 e. The van der Waals surface area contributed by atoms with Gasteiger partial charge in [-0.15, -0.1) is 0 Å². The molecule has 17 heavy (non-hydrogen) atoms. The van der Waals surface area contributed by atoms with Crippen LogP contribution in [0.25, 0.3) is 0 Å². The van der Waals surface area contributed by atoms with Crippen LogP contribution in [0.3, 0.4) is 0 Å². The summed E-state index contributed by atoms with van der Waals surface area (Å²) in [6.07, 6.45) is 0.401. The van der Waals surface area contributed by atoms with E-state index in [0.29, 0.717) is 6.42 Å². The minimum atomic E-state index is -0.711. The van der Waals surface area contributed by atoms with E-state index in [4.69, 9.17) is 18.0 Å². The Balaban J connectivity index is 2.87. The van der Waals surface area contributed by atoms with Crippen molar-refractivity contribution in [3.63, 3.8) is 0 Å². The fourth-order valence-electron chi connectivity index (χ4n) is 1.33. The summed E-state index contributed by atoms with van der Waals surface area (Å²) in [7, 11) is 0. The number of carbonyl (C=O) groups excluding carboxylic acids is 1. The molecule has 1 rings (SSSR count). The second-order valence-corrected chi connectivity index (χ2v) is 3.95. The van der Waals surface area contributed by atoms with E-state index < -0.39 is 23.5 Å². The van der Waals surface area contributed by atoms with Gasteiger partial charge in [0.05, 0.1) is 16.6 Å². The molecule has 0 heterocycles. The molecule has 1 aromatic carbocycles. The molecular weight excluding hydrogens is 246 g/mol. The van der Waals surface area contributed by atoms with Crippen LogP contribution in [0.15, 0.2) is 18.2 Å². The molecule has 1 atom stereocenters. The summed E-state index contributed by atoms with van der Waals surface area (Å²) < 4.78 is 26.1. The number of hydrogen-bond donors (Lipinski definition) is 2. The molecule has 0 saturated heterocycles. The molecule has 1 aromatic rings. The first kappa shape index (κ1) is 13.5. The molecule has 1 unspecified atom stereocenters.